The number of morpholine rings is 1. The van der Waals surface area contributed by atoms with Crippen molar-refractivity contribution in [1.29, 1.82) is 0 Å². The summed E-state index contributed by atoms with van der Waals surface area (Å²) in [4.78, 5) is 2.59. The van der Waals surface area contributed by atoms with Gasteiger partial charge in [-0.3, -0.25) is 4.72 Å². The van der Waals surface area contributed by atoms with E-state index < -0.39 is 10.0 Å². The van der Waals surface area contributed by atoms with E-state index in [1.807, 2.05) is 18.2 Å². The Bertz CT molecular complexity index is 845. The number of anilines is 2. The average molecular weight is 360 g/mol. The van der Waals surface area contributed by atoms with Crippen LogP contribution >= 0.6 is 0 Å². The van der Waals surface area contributed by atoms with Crippen LogP contribution < -0.4 is 9.62 Å². The van der Waals surface area contributed by atoms with Crippen LogP contribution in [0.2, 0.25) is 0 Å². The maximum absolute atomic E-state index is 12.6. The largest absolute Gasteiger partial charge is 0.377 e. The molecule has 5 nitrogen and oxygen atoms in total. The van der Waals surface area contributed by atoms with Gasteiger partial charge in [0.1, 0.15) is 0 Å². The van der Waals surface area contributed by atoms with Crippen LogP contribution in [0.15, 0.2) is 53.4 Å². The molecule has 0 amide bonds. The molecule has 25 heavy (non-hydrogen) atoms. The highest BCUT2D eigenvalue weighted by Crippen LogP contribution is 2.28. The molecule has 1 aliphatic rings. The topological polar surface area (TPSA) is 58.6 Å². The van der Waals surface area contributed by atoms with E-state index >= 15 is 0 Å². The van der Waals surface area contributed by atoms with Crippen LogP contribution in [-0.2, 0) is 14.8 Å². The Balaban J connectivity index is 1.80. The Kier molecular flexibility index (Phi) is 4.75. The molecule has 134 valence electrons. The van der Waals surface area contributed by atoms with Crippen LogP contribution in [0.25, 0.3) is 0 Å². The lowest BCUT2D eigenvalue weighted by atomic mass is 10.0. The van der Waals surface area contributed by atoms with Crippen molar-refractivity contribution in [3.8, 4) is 0 Å². The van der Waals surface area contributed by atoms with Gasteiger partial charge in [-0.25, -0.2) is 8.42 Å². The predicted octanol–water partition coefficient (Wildman–Crippen LogP) is 3.41. The number of nitrogens with one attached hydrogen (secondary N) is 1. The van der Waals surface area contributed by atoms with Crippen LogP contribution in [0, 0.1) is 6.92 Å². The first-order chi connectivity index (χ1) is 11.8. The lowest BCUT2D eigenvalue weighted by Crippen LogP contribution is -2.53. The van der Waals surface area contributed by atoms with Gasteiger partial charge in [-0.15, -0.1) is 0 Å². The molecule has 0 spiro atoms. The summed E-state index contributed by atoms with van der Waals surface area (Å²) < 4.78 is 33.4. The number of benzene rings is 2. The number of hydrogen-bond acceptors (Lipinski definition) is 4. The molecule has 1 saturated heterocycles. The summed E-state index contributed by atoms with van der Waals surface area (Å²) in [7, 11) is -3.59. The van der Waals surface area contributed by atoms with Crippen molar-refractivity contribution in [2.75, 3.05) is 29.4 Å². The minimum absolute atomic E-state index is 0.0829. The monoisotopic (exact) mass is 360 g/mol. The van der Waals surface area contributed by atoms with Crippen molar-refractivity contribution in [2.45, 2.75) is 31.2 Å². The summed E-state index contributed by atoms with van der Waals surface area (Å²) in [5.41, 5.74) is 2.26. The first kappa shape index (κ1) is 17.8. The Labute approximate surface area is 149 Å². The van der Waals surface area contributed by atoms with Crippen LogP contribution in [-0.4, -0.2) is 33.7 Å². The number of aryl methyl sites for hydroxylation is 1. The van der Waals surface area contributed by atoms with Crippen LogP contribution in [0.1, 0.15) is 19.4 Å². The van der Waals surface area contributed by atoms with E-state index in [9.17, 15) is 8.42 Å². The number of ether oxygens (including phenoxy) is 1. The molecule has 0 bridgehead atoms. The van der Waals surface area contributed by atoms with Gasteiger partial charge in [0.05, 0.1) is 23.6 Å². The molecule has 1 aliphatic heterocycles. The van der Waals surface area contributed by atoms with E-state index in [1.54, 1.807) is 37.3 Å². The molecule has 2 aromatic carbocycles. The van der Waals surface area contributed by atoms with Crippen molar-refractivity contribution >= 4 is 21.4 Å². The summed E-state index contributed by atoms with van der Waals surface area (Å²) in [6.07, 6.45) is 0. The Morgan fingerprint density at radius 1 is 1.08 bits per heavy atom. The van der Waals surface area contributed by atoms with Crippen LogP contribution in [0.4, 0.5) is 11.4 Å². The van der Waals surface area contributed by atoms with Gasteiger partial charge in [-0.1, -0.05) is 18.2 Å². The summed E-state index contributed by atoms with van der Waals surface area (Å²) in [6.45, 7) is 8.27. The van der Waals surface area contributed by atoms with Crippen LogP contribution in [0.3, 0.4) is 0 Å². The third-order valence-corrected chi connectivity index (χ3v) is 6.00. The second-order valence-electron chi connectivity index (χ2n) is 6.93. The highest BCUT2D eigenvalue weighted by molar-refractivity contribution is 7.92. The third kappa shape index (κ3) is 3.80. The lowest BCUT2D eigenvalue weighted by molar-refractivity contribution is 0.0644. The first-order valence-electron chi connectivity index (χ1n) is 8.33. The van der Waals surface area contributed by atoms with E-state index in [-0.39, 0.29) is 5.54 Å². The van der Waals surface area contributed by atoms with Gasteiger partial charge < -0.3 is 9.64 Å². The van der Waals surface area contributed by atoms with E-state index in [2.05, 4.69) is 23.5 Å². The third-order valence-electron chi connectivity index (χ3n) is 4.46. The van der Waals surface area contributed by atoms with Crippen molar-refractivity contribution < 1.29 is 13.2 Å². The molecular weight excluding hydrogens is 336 g/mol. The van der Waals surface area contributed by atoms with Gasteiger partial charge in [-0.05, 0) is 56.7 Å². The van der Waals surface area contributed by atoms with Crippen LogP contribution in [0.5, 0.6) is 0 Å². The minimum atomic E-state index is -3.59. The summed E-state index contributed by atoms with van der Waals surface area (Å²) in [5.74, 6) is 0. The maximum atomic E-state index is 12.6. The number of sulfonamides is 1. The highest BCUT2D eigenvalue weighted by atomic mass is 32.2. The summed E-state index contributed by atoms with van der Waals surface area (Å²) in [6, 6.07) is 14.5. The van der Waals surface area contributed by atoms with E-state index in [4.69, 9.17) is 4.74 Å². The average Bonchev–Trinajstić information content (AvgIpc) is 2.55. The van der Waals surface area contributed by atoms with Gasteiger partial charge in [0, 0.05) is 17.9 Å². The quantitative estimate of drug-likeness (QED) is 0.908. The Hall–Kier alpha value is -2.05. The molecular formula is C19H24N2O3S. The number of hydrogen-bond donors (Lipinski definition) is 1. The fourth-order valence-corrected chi connectivity index (χ4v) is 4.42. The number of rotatable bonds is 4. The van der Waals surface area contributed by atoms with Gasteiger partial charge in [-0.2, -0.15) is 0 Å². The molecule has 6 heteroatoms. The second kappa shape index (κ2) is 6.69. The Morgan fingerprint density at radius 3 is 2.40 bits per heavy atom. The highest BCUT2D eigenvalue weighted by Gasteiger charge is 2.30. The smallest absolute Gasteiger partial charge is 0.262 e. The predicted molar refractivity (Wildman–Crippen MR) is 101 cm³/mol. The van der Waals surface area contributed by atoms with Crippen molar-refractivity contribution in [3.63, 3.8) is 0 Å². The minimum Gasteiger partial charge on any atom is -0.377 e. The van der Waals surface area contributed by atoms with E-state index in [0.29, 0.717) is 23.8 Å². The molecule has 0 atom stereocenters. The van der Waals surface area contributed by atoms with Gasteiger partial charge in [0.2, 0.25) is 0 Å². The van der Waals surface area contributed by atoms with E-state index in [0.717, 1.165) is 17.8 Å². The first-order valence-corrected chi connectivity index (χ1v) is 9.82. The zero-order chi connectivity index (χ0) is 18.1. The van der Waals surface area contributed by atoms with Gasteiger partial charge in [0.15, 0.2) is 0 Å². The van der Waals surface area contributed by atoms with Gasteiger partial charge >= 0.3 is 0 Å². The molecule has 1 N–H and O–H groups in total. The maximum Gasteiger partial charge on any atom is 0.262 e. The molecule has 0 aliphatic carbocycles. The van der Waals surface area contributed by atoms with E-state index in [1.165, 1.54) is 0 Å². The van der Waals surface area contributed by atoms with Crippen molar-refractivity contribution in [2.24, 2.45) is 0 Å². The van der Waals surface area contributed by atoms with Crippen molar-refractivity contribution in [3.05, 3.63) is 54.1 Å². The zero-order valence-electron chi connectivity index (χ0n) is 14.8. The standard InChI is InChI=1S/C19H24N2O3S/c1-15-6-4-5-7-18(15)25(22,23)20-16-8-10-17(11-9-16)21-12-13-24-14-19(21,2)3/h4-11,20H,12-14H2,1-3H3. The van der Waals surface area contributed by atoms with Crippen molar-refractivity contribution in [1.82, 2.24) is 0 Å². The lowest BCUT2D eigenvalue weighted by Gasteiger charge is -2.43. The molecule has 0 saturated carbocycles. The molecule has 1 heterocycles. The molecule has 0 aromatic heterocycles. The second-order valence-corrected chi connectivity index (χ2v) is 8.59. The molecule has 0 unspecified atom stereocenters. The fraction of sp³-hybridized carbons (Fsp3) is 0.368. The molecule has 0 radical (unpaired) electrons. The fourth-order valence-electron chi connectivity index (χ4n) is 3.11. The molecule has 3 rings (SSSR count). The summed E-state index contributed by atoms with van der Waals surface area (Å²) in [5, 5.41) is 0. The normalized spacial score (nSPS) is 17.3. The molecule has 1 fully saturated rings. The number of nitrogens with zero attached hydrogens (tertiary/aromatic N) is 1. The summed E-state index contributed by atoms with van der Waals surface area (Å²) >= 11 is 0. The SMILES string of the molecule is Cc1ccccc1S(=O)(=O)Nc1ccc(N2CCOCC2(C)C)cc1. The van der Waals surface area contributed by atoms with Gasteiger partial charge in [0.25, 0.3) is 10.0 Å². The Morgan fingerprint density at radius 2 is 1.76 bits per heavy atom. The zero-order valence-corrected chi connectivity index (χ0v) is 15.6. The molecule has 2 aromatic rings.